The Morgan fingerprint density at radius 2 is 0.944 bits per heavy atom. The molecule has 0 aliphatic carbocycles. The maximum absolute atomic E-state index is 6.95. The molecule has 0 radical (unpaired) electrons. The van der Waals surface area contributed by atoms with Gasteiger partial charge >= 0.3 is 26.2 Å². The molecule has 0 amide bonds. The molecule has 36 heavy (non-hydrogen) atoms. The monoisotopic (exact) mass is 592 g/mol. The van der Waals surface area contributed by atoms with Crippen molar-refractivity contribution in [1.29, 1.82) is 0 Å². The summed E-state index contributed by atoms with van der Waals surface area (Å²) in [5, 5.41) is 5.33. The van der Waals surface area contributed by atoms with E-state index in [1.54, 1.807) is 0 Å². The molecule has 0 N–H and O–H groups in total. The van der Waals surface area contributed by atoms with Crippen molar-refractivity contribution in [3.8, 4) is 11.5 Å². The van der Waals surface area contributed by atoms with Crippen molar-refractivity contribution in [1.82, 2.24) is 0 Å². The van der Waals surface area contributed by atoms with Crippen LogP contribution in [0.25, 0.3) is 21.5 Å². The van der Waals surface area contributed by atoms with Gasteiger partial charge in [0.15, 0.2) is 0 Å². The van der Waals surface area contributed by atoms with Crippen molar-refractivity contribution in [2.45, 2.75) is 84.2 Å². The van der Waals surface area contributed by atoms with Gasteiger partial charge in [0.25, 0.3) is 0 Å². The van der Waals surface area contributed by atoms with Crippen molar-refractivity contribution >= 4 is 38.2 Å². The van der Waals surface area contributed by atoms with Crippen LogP contribution in [0, 0.1) is 0 Å². The van der Waals surface area contributed by atoms with Crippen LogP contribution in [-0.4, -0.2) is 16.6 Å². The molecule has 4 aromatic carbocycles. The molecule has 0 aromatic heterocycles. The van der Waals surface area contributed by atoms with Crippen molar-refractivity contribution < 1.29 is 35.1 Å². The molecule has 0 spiro atoms. The fraction of sp³-hybridized carbons (Fsp3) is 0.419. The van der Waals surface area contributed by atoms with E-state index in [1.165, 1.54) is 32.7 Å². The van der Waals surface area contributed by atoms with E-state index < -0.39 is 16.6 Å². The average molecular weight is 594 g/mol. The summed E-state index contributed by atoms with van der Waals surface area (Å²) in [5.74, 6) is 2.09. The molecular weight excluding hydrogens is 552 g/mol. The summed E-state index contributed by atoms with van der Waals surface area (Å²) in [4.78, 5) is 0. The summed E-state index contributed by atoms with van der Waals surface area (Å²) >= 11 is 0. The molecule has 0 fully saturated rings. The Kier molecular flexibility index (Phi) is 8.13. The maximum atomic E-state index is 6.95. The molecule has 5 heteroatoms. The van der Waals surface area contributed by atoms with Crippen LogP contribution in [0.4, 0.5) is 0 Å². The second kappa shape index (κ2) is 10.0. The molecule has 0 bridgehead atoms. The molecule has 0 heterocycles. The Labute approximate surface area is 239 Å². The van der Waals surface area contributed by atoms with Gasteiger partial charge in [-0.25, -0.2) is 0 Å². The van der Waals surface area contributed by atoms with Crippen molar-refractivity contribution in [3.05, 3.63) is 71.8 Å². The third kappa shape index (κ3) is 5.54. The van der Waals surface area contributed by atoms with Crippen LogP contribution in [0.2, 0.25) is 36.3 Å². The minimum atomic E-state index is -2.00. The molecule has 4 aromatic rings. The van der Waals surface area contributed by atoms with Gasteiger partial charge in [-0.15, -0.1) is 81.2 Å². The zero-order valence-electron chi connectivity index (χ0n) is 23.8. The van der Waals surface area contributed by atoms with Crippen LogP contribution in [0.5, 0.6) is 11.5 Å². The van der Waals surface area contributed by atoms with E-state index in [2.05, 4.69) is 128 Å². The zero-order valence-corrected chi connectivity index (χ0v) is 28.3. The van der Waals surface area contributed by atoms with E-state index >= 15 is 0 Å². The van der Waals surface area contributed by atoms with Gasteiger partial charge in [-0.2, -0.15) is 0 Å². The first-order valence-electron chi connectivity index (χ1n) is 12.8. The topological polar surface area (TPSA) is 18.5 Å². The Balaban J connectivity index is 0.00000361. The Morgan fingerprint density at radius 3 is 1.28 bits per heavy atom. The largest absolute Gasteiger partial charge is 2.00 e. The predicted octanol–water partition coefficient (Wildman–Crippen LogP) is 9.79. The van der Waals surface area contributed by atoms with Crippen LogP contribution in [0.15, 0.2) is 60.7 Å². The van der Waals surface area contributed by atoms with E-state index in [4.69, 9.17) is 8.85 Å². The summed E-state index contributed by atoms with van der Waals surface area (Å²) in [6, 6.07) is 21.9. The van der Waals surface area contributed by atoms with Gasteiger partial charge in [-0.3, -0.25) is 0 Å². The van der Waals surface area contributed by atoms with Crippen molar-refractivity contribution in [2.24, 2.45) is 0 Å². The molecule has 2 nitrogen and oxygen atoms in total. The molecule has 0 saturated heterocycles. The normalized spacial score (nSPS) is 13.2. The first-order valence-corrected chi connectivity index (χ1v) is 18.6. The SMILES string of the molecule is CC(C)(C)[Si](C)(C)Oc1[cH-]c2ccccc2c1Cc1c(O[Si](C)(C)C(C)(C)C)[cH-]c2ccccc12.[Zr+2]. The third-order valence-corrected chi connectivity index (χ3v) is 17.1. The van der Waals surface area contributed by atoms with Gasteiger partial charge in [0.2, 0.25) is 16.6 Å². The summed E-state index contributed by atoms with van der Waals surface area (Å²) in [6.07, 6.45) is 0.801. The van der Waals surface area contributed by atoms with E-state index in [1.807, 2.05) is 0 Å². The molecule has 0 aliphatic heterocycles. The Morgan fingerprint density at radius 1 is 0.611 bits per heavy atom. The molecular formula is C31H42O2Si2Zr. The number of hydrogen-bond donors (Lipinski definition) is 0. The fourth-order valence-corrected chi connectivity index (χ4v) is 6.17. The molecule has 4 rings (SSSR count). The Hall–Kier alpha value is -1.42. The summed E-state index contributed by atoms with van der Waals surface area (Å²) in [7, 11) is -3.99. The molecule has 0 unspecified atom stereocenters. The van der Waals surface area contributed by atoms with Crippen LogP contribution in [0.1, 0.15) is 52.7 Å². The van der Waals surface area contributed by atoms with Gasteiger partial charge in [0.1, 0.15) is 0 Å². The summed E-state index contributed by atoms with van der Waals surface area (Å²) in [5.41, 5.74) is 2.56. The van der Waals surface area contributed by atoms with Crippen LogP contribution in [-0.2, 0) is 32.6 Å². The summed E-state index contributed by atoms with van der Waals surface area (Å²) in [6.45, 7) is 23.1. The zero-order chi connectivity index (χ0) is 25.8. The minimum Gasteiger partial charge on any atom is -0.559 e. The van der Waals surface area contributed by atoms with Crippen LogP contribution < -0.4 is 8.85 Å². The second-order valence-corrected chi connectivity index (χ2v) is 22.5. The number of rotatable bonds is 6. The van der Waals surface area contributed by atoms with E-state index in [-0.39, 0.29) is 36.3 Å². The van der Waals surface area contributed by atoms with Gasteiger partial charge in [0, 0.05) is 11.5 Å². The molecule has 0 aliphatic rings. The van der Waals surface area contributed by atoms with Crippen LogP contribution >= 0.6 is 0 Å². The average Bonchev–Trinajstić information content (AvgIpc) is 3.24. The quantitative estimate of drug-likeness (QED) is 0.164. The minimum absolute atomic E-state index is 0. The number of hydrogen-bond acceptors (Lipinski definition) is 2. The van der Waals surface area contributed by atoms with E-state index in [9.17, 15) is 0 Å². The van der Waals surface area contributed by atoms with Crippen molar-refractivity contribution in [3.63, 3.8) is 0 Å². The first-order chi connectivity index (χ1) is 16.1. The van der Waals surface area contributed by atoms with E-state index in [0.717, 1.165) is 17.9 Å². The number of fused-ring (bicyclic) bond motifs is 2. The Bertz CT molecular complexity index is 1240. The van der Waals surface area contributed by atoms with Gasteiger partial charge < -0.3 is 8.85 Å². The van der Waals surface area contributed by atoms with Gasteiger partial charge in [-0.05, 0) is 36.3 Å². The van der Waals surface area contributed by atoms with Gasteiger partial charge in [-0.1, -0.05) is 60.1 Å². The molecule has 190 valence electrons. The molecule has 0 atom stereocenters. The smallest absolute Gasteiger partial charge is 0.559 e. The number of benzene rings is 2. The third-order valence-electron chi connectivity index (χ3n) is 8.44. The fourth-order valence-electron chi connectivity index (χ4n) is 4.10. The summed E-state index contributed by atoms with van der Waals surface area (Å²) < 4.78 is 13.9. The predicted molar refractivity (Wildman–Crippen MR) is 158 cm³/mol. The van der Waals surface area contributed by atoms with Crippen LogP contribution in [0.3, 0.4) is 0 Å². The first kappa shape index (κ1) is 29.1. The van der Waals surface area contributed by atoms with Crippen molar-refractivity contribution in [2.75, 3.05) is 0 Å². The second-order valence-electron chi connectivity index (χ2n) is 13.1. The maximum Gasteiger partial charge on any atom is 2.00 e. The standard InChI is InChI=1S/C31H42O2Si2.Zr/c1-30(2,3)34(7,8)32-28-19-22-15-11-13-17-24(22)26(28)21-27-25-18-14-12-16-23(25)20-29(27)33-35(9,10)31(4,5)6;/h11-20H,21H2,1-10H3;/q-2;+2. The van der Waals surface area contributed by atoms with Gasteiger partial charge in [0.05, 0.1) is 0 Å². The molecule has 0 saturated carbocycles. The van der Waals surface area contributed by atoms with E-state index in [0.29, 0.717) is 0 Å².